The molecule has 1 N–H and O–H groups in total. The molecule has 0 atom stereocenters. The number of aryl methyl sites for hydroxylation is 1. The quantitative estimate of drug-likeness (QED) is 0.640. The Labute approximate surface area is 74.1 Å². The first-order chi connectivity index (χ1) is 6.20. The van der Waals surface area contributed by atoms with Crippen molar-refractivity contribution in [2.45, 2.75) is 0 Å². The molecule has 2 heterocycles. The van der Waals surface area contributed by atoms with Gasteiger partial charge < -0.3 is 5.11 Å². The molecule has 4 heteroatoms. The van der Waals surface area contributed by atoms with Gasteiger partial charge in [-0.05, 0) is 18.2 Å². The lowest BCUT2D eigenvalue weighted by Crippen LogP contribution is -2.16. The molecule has 0 saturated heterocycles. The van der Waals surface area contributed by atoms with Crippen LogP contribution in [0.5, 0.6) is 5.75 Å². The van der Waals surface area contributed by atoms with Gasteiger partial charge in [0.25, 0.3) is 5.56 Å². The minimum Gasteiger partial charge on any atom is -0.503 e. The van der Waals surface area contributed by atoms with E-state index in [1.807, 2.05) is 0 Å². The van der Waals surface area contributed by atoms with Crippen LogP contribution in [0.15, 0.2) is 29.2 Å². The first-order valence-corrected chi connectivity index (χ1v) is 3.84. The predicted molar refractivity (Wildman–Crippen MR) is 48.6 cm³/mol. The highest BCUT2D eigenvalue weighted by Crippen LogP contribution is 2.12. The Hall–Kier alpha value is -1.84. The number of hydrogen-bond donors (Lipinski definition) is 1. The predicted octanol–water partition coefficient (Wildman–Crippen LogP) is 0.639. The molecule has 2 aromatic heterocycles. The van der Waals surface area contributed by atoms with Crippen molar-refractivity contribution in [1.29, 1.82) is 0 Å². The molecule has 0 aliphatic carbocycles. The maximum absolute atomic E-state index is 11.3. The van der Waals surface area contributed by atoms with Crippen molar-refractivity contribution in [1.82, 2.24) is 9.55 Å². The monoisotopic (exact) mass is 176 g/mol. The second kappa shape index (κ2) is 2.58. The van der Waals surface area contributed by atoms with Gasteiger partial charge in [-0.25, -0.2) is 4.98 Å². The minimum atomic E-state index is -0.425. The van der Waals surface area contributed by atoms with E-state index in [4.69, 9.17) is 0 Å². The summed E-state index contributed by atoms with van der Waals surface area (Å²) < 4.78 is 1.32. The van der Waals surface area contributed by atoms with Crippen molar-refractivity contribution in [3.8, 4) is 5.75 Å². The van der Waals surface area contributed by atoms with Crippen molar-refractivity contribution in [2.24, 2.45) is 7.05 Å². The second-order valence-corrected chi connectivity index (χ2v) is 2.81. The lowest BCUT2D eigenvalue weighted by molar-refractivity contribution is 0.463. The van der Waals surface area contributed by atoms with Crippen LogP contribution in [0.2, 0.25) is 0 Å². The summed E-state index contributed by atoms with van der Waals surface area (Å²) in [6.45, 7) is 0. The van der Waals surface area contributed by atoms with Crippen molar-refractivity contribution in [3.05, 3.63) is 34.7 Å². The molecule has 0 bridgehead atoms. The van der Waals surface area contributed by atoms with Crippen LogP contribution in [-0.2, 0) is 7.05 Å². The molecule has 0 fully saturated rings. The SMILES string of the molecule is Cn1c(=O)c(O)cc2cccnc21. The standard InChI is InChI=1S/C9H8N2O2/c1-11-8-6(3-2-4-10-8)5-7(12)9(11)13/h2-5,12H,1H3. The van der Waals surface area contributed by atoms with Gasteiger partial charge in [0.15, 0.2) is 5.75 Å². The third kappa shape index (κ3) is 1.07. The zero-order valence-corrected chi connectivity index (χ0v) is 7.06. The van der Waals surface area contributed by atoms with Crippen molar-refractivity contribution >= 4 is 11.0 Å². The Morgan fingerprint density at radius 2 is 2.31 bits per heavy atom. The molecule has 2 rings (SSSR count). The fourth-order valence-corrected chi connectivity index (χ4v) is 1.28. The molecule has 0 amide bonds. The van der Waals surface area contributed by atoms with Crippen molar-refractivity contribution in [3.63, 3.8) is 0 Å². The van der Waals surface area contributed by atoms with Gasteiger partial charge in [-0.1, -0.05) is 0 Å². The van der Waals surface area contributed by atoms with Crippen LogP contribution >= 0.6 is 0 Å². The molecular formula is C9H8N2O2. The number of aromatic nitrogens is 2. The summed E-state index contributed by atoms with van der Waals surface area (Å²) in [5, 5.41) is 9.99. The molecule has 0 aliphatic heterocycles. The summed E-state index contributed by atoms with van der Waals surface area (Å²) in [4.78, 5) is 15.3. The van der Waals surface area contributed by atoms with Gasteiger partial charge in [-0.3, -0.25) is 9.36 Å². The molecule has 0 aromatic carbocycles. The summed E-state index contributed by atoms with van der Waals surface area (Å²) >= 11 is 0. The first kappa shape index (κ1) is 7.79. The van der Waals surface area contributed by atoms with Crippen LogP contribution < -0.4 is 5.56 Å². The van der Waals surface area contributed by atoms with Crippen LogP contribution in [0, 0.1) is 0 Å². The van der Waals surface area contributed by atoms with Gasteiger partial charge in [0, 0.05) is 18.6 Å². The molecule has 0 spiro atoms. The summed E-state index contributed by atoms with van der Waals surface area (Å²) in [5.74, 6) is -0.247. The highest BCUT2D eigenvalue weighted by atomic mass is 16.3. The highest BCUT2D eigenvalue weighted by Gasteiger charge is 2.04. The van der Waals surface area contributed by atoms with Gasteiger partial charge in [-0.15, -0.1) is 0 Å². The fraction of sp³-hybridized carbons (Fsp3) is 0.111. The lowest BCUT2D eigenvalue weighted by Gasteiger charge is -2.02. The Morgan fingerprint density at radius 3 is 3.08 bits per heavy atom. The molecule has 2 aromatic rings. The number of hydrogen-bond acceptors (Lipinski definition) is 3. The van der Waals surface area contributed by atoms with Crippen molar-refractivity contribution in [2.75, 3.05) is 0 Å². The Balaban J connectivity index is 3.02. The number of pyridine rings is 2. The van der Waals surface area contributed by atoms with Gasteiger partial charge in [0.05, 0.1) is 0 Å². The fourth-order valence-electron chi connectivity index (χ4n) is 1.28. The average molecular weight is 176 g/mol. The van der Waals surface area contributed by atoms with E-state index in [0.717, 1.165) is 5.39 Å². The largest absolute Gasteiger partial charge is 0.503 e. The lowest BCUT2D eigenvalue weighted by atomic mass is 10.3. The molecule has 0 aliphatic rings. The van der Waals surface area contributed by atoms with E-state index < -0.39 is 5.56 Å². The Morgan fingerprint density at radius 1 is 1.54 bits per heavy atom. The molecule has 0 unspecified atom stereocenters. The van der Waals surface area contributed by atoms with Gasteiger partial charge in [0.2, 0.25) is 0 Å². The van der Waals surface area contributed by atoms with Gasteiger partial charge in [-0.2, -0.15) is 0 Å². The Kier molecular flexibility index (Phi) is 1.55. The van der Waals surface area contributed by atoms with E-state index in [9.17, 15) is 9.90 Å². The summed E-state index contributed by atoms with van der Waals surface area (Å²) in [5.41, 5.74) is 0.150. The maximum Gasteiger partial charge on any atom is 0.294 e. The average Bonchev–Trinajstić information content (AvgIpc) is 2.15. The van der Waals surface area contributed by atoms with E-state index in [0.29, 0.717) is 5.65 Å². The van der Waals surface area contributed by atoms with E-state index >= 15 is 0 Å². The molecule has 66 valence electrons. The summed E-state index contributed by atoms with van der Waals surface area (Å²) in [7, 11) is 1.58. The molecule has 4 nitrogen and oxygen atoms in total. The smallest absolute Gasteiger partial charge is 0.294 e. The second-order valence-electron chi connectivity index (χ2n) is 2.81. The summed E-state index contributed by atoms with van der Waals surface area (Å²) in [6, 6.07) is 4.97. The van der Waals surface area contributed by atoms with Crippen LogP contribution in [-0.4, -0.2) is 14.7 Å². The zero-order valence-electron chi connectivity index (χ0n) is 7.06. The minimum absolute atomic E-state index is 0.247. The molecule has 0 saturated carbocycles. The van der Waals surface area contributed by atoms with E-state index in [1.165, 1.54) is 10.6 Å². The third-order valence-electron chi connectivity index (χ3n) is 1.95. The van der Waals surface area contributed by atoms with E-state index in [2.05, 4.69) is 4.98 Å². The number of nitrogens with zero attached hydrogens (tertiary/aromatic N) is 2. The van der Waals surface area contributed by atoms with Crippen LogP contribution in [0.25, 0.3) is 11.0 Å². The highest BCUT2D eigenvalue weighted by molar-refractivity contribution is 5.76. The van der Waals surface area contributed by atoms with Crippen molar-refractivity contribution < 1.29 is 5.11 Å². The third-order valence-corrected chi connectivity index (χ3v) is 1.95. The number of aromatic hydroxyl groups is 1. The number of fused-ring (bicyclic) bond motifs is 1. The molecular weight excluding hydrogens is 168 g/mol. The maximum atomic E-state index is 11.3. The zero-order chi connectivity index (χ0) is 9.42. The van der Waals surface area contributed by atoms with Crippen LogP contribution in [0.1, 0.15) is 0 Å². The van der Waals surface area contributed by atoms with E-state index in [-0.39, 0.29) is 5.75 Å². The van der Waals surface area contributed by atoms with Gasteiger partial charge in [0.1, 0.15) is 5.65 Å². The number of rotatable bonds is 0. The van der Waals surface area contributed by atoms with Crippen LogP contribution in [0.3, 0.4) is 0 Å². The molecule has 0 radical (unpaired) electrons. The van der Waals surface area contributed by atoms with E-state index in [1.54, 1.807) is 25.4 Å². The van der Waals surface area contributed by atoms with Crippen LogP contribution in [0.4, 0.5) is 0 Å². The molecule has 13 heavy (non-hydrogen) atoms. The van der Waals surface area contributed by atoms with Gasteiger partial charge >= 0.3 is 0 Å². The first-order valence-electron chi connectivity index (χ1n) is 3.84. The summed E-state index contributed by atoms with van der Waals surface area (Å²) in [6.07, 6.45) is 1.61. The Bertz CT molecular complexity index is 516. The topological polar surface area (TPSA) is 55.1 Å². The normalized spacial score (nSPS) is 10.5.